The Morgan fingerprint density at radius 2 is 1.71 bits per heavy atom. The second-order valence-corrected chi connectivity index (χ2v) is 6.11. The molecule has 2 heterocycles. The Labute approximate surface area is 151 Å². The van der Waals surface area contributed by atoms with E-state index in [1.54, 1.807) is 10.6 Å². The van der Waals surface area contributed by atoms with Gasteiger partial charge in [0.2, 0.25) is 0 Å². The molecule has 9 heteroatoms. The summed E-state index contributed by atoms with van der Waals surface area (Å²) in [6, 6.07) is 7.09. The molecule has 0 radical (unpaired) electrons. The monoisotopic (exact) mass is 393 g/mol. The summed E-state index contributed by atoms with van der Waals surface area (Å²) in [6.07, 6.45) is -0.967. The predicted octanol–water partition coefficient (Wildman–Crippen LogP) is 5.18. The van der Waals surface area contributed by atoms with E-state index in [1.165, 1.54) is 24.3 Å². The molecule has 0 saturated heterocycles. The molecule has 1 atom stereocenters. The van der Waals surface area contributed by atoms with E-state index in [9.17, 15) is 13.2 Å². The van der Waals surface area contributed by atoms with Crippen LogP contribution in [0.1, 0.15) is 11.6 Å². The number of fused-ring (bicyclic) bond motifs is 1. The van der Waals surface area contributed by atoms with E-state index in [-0.39, 0.29) is 5.56 Å². The fourth-order valence-corrected chi connectivity index (χ4v) is 2.30. The Balaban J connectivity index is 0.000000175. The summed E-state index contributed by atoms with van der Waals surface area (Å²) in [5.41, 5.74) is 5.81. The first-order chi connectivity index (χ1) is 11.2. The molecular formula is C15H12Cl2F3N3S. The Bertz CT molecular complexity index is 819. The fourth-order valence-electron chi connectivity index (χ4n) is 1.80. The molecule has 0 fully saturated rings. The zero-order valence-corrected chi connectivity index (χ0v) is 14.4. The Morgan fingerprint density at radius 1 is 1.08 bits per heavy atom. The summed E-state index contributed by atoms with van der Waals surface area (Å²) in [5.74, 6) is 0. The molecule has 3 nitrogen and oxygen atoms in total. The number of pyridine rings is 1. The van der Waals surface area contributed by atoms with Crippen LogP contribution in [0.25, 0.3) is 5.65 Å². The number of aromatic nitrogens is 2. The number of imidazole rings is 1. The summed E-state index contributed by atoms with van der Waals surface area (Å²) in [5, 5.41) is 0.994. The van der Waals surface area contributed by atoms with E-state index in [4.69, 9.17) is 28.9 Å². The summed E-state index contributed by atoms with van der Waals surface area (Å²) in [6.45, 7) is 0. The second-order valence-electron chi connectivity index (χ2n) is 4.77. The Kier molecular flexibility index (Phi) is 6.03. The first-order valence-electron chi connectivity index (χ1n) is 6.58. The first-order valence-corrected chi connectivity index (χ1v) is 7.78. The largest absolute Gasteiger partial charge is 0.407 e. The zero-order chi connectivity index (χ0) is 17.9. The number of nitrogens with zero attached hydrogens (tertiary/aromatic N) is 2. The molecule has 2 N–H and O–H groups in total. The van der Waals surface area contributed by atoms with Crippen LogP contribution in [0.3, 0.4) is 0 Å². The molecule has 24 heavy (non-hydrogen) atoms. The molecule has 0 aliphatic carbocycles. The summed E-state index contributed by atoms with van der Waals surface area (Å²) < 4.78 is 38.0. The molecule has 2 aromatic heterocycles. The molecule has 0 aliphatic heterocycles. The molecule has 0 saturated carbocycles. The third kappa shape index (κ3) is 4.80. The highest BCUT2D eigenvalue weighted by Gasteiger charge is 2.37. The number of benzene rings is 1. The maximum absolute atomic E-state index is 12.1. The van der Waals surface area contributed by atoms with Gasteiger partial charge in [-0.2, -0.15) is 13.2 Å². The average Bonchev–Trinajstić information content (AvgIpc) is 2.88. The summed E-state index contributed by atoms with van der Waals surface area (Å²) in [4.78, 5) is 4.93. The van der Waals surface area contributed by atoms with E-state index in [1.807, 2.05) is 18.3 Å². The molecule has 3 aromatic rings. The van der Waals surface area contributed by atoms with Gasteiger partial charge in [0.25, 0.3) is 0 Å². The lowest BCUT2D eigenvalue weighted by Gasteiger charge is -2.15. The third-order valence-electron chi connectivity index (χ3n) is 3.03. The molecule has 0 unspecified atom stereocenters. The van der Waals surface area contributed by atoms with Crippen LogP contribution in [-0.2, 0) is 0 Å². The minimum atomic E-state index is -4.41. The van der Waals surface area contributed by atoms with Crippen LogP contribution in [0.2, 0.25) is 10.2 Å². The summed E-state index contributed by atoms with van der Waals surface area (Å²) >= 11 is 15.5. The van der Waals surface area contributed by atoms with Crippen molar-refractivity contribution >= 4 is 41.5 Å². The lowest BCUT2D eigenvalue weighted by molar-refractivity contribution is -0.149. The van der Waals surface area contributed by atoms with Crippen LogP contribution in [-0.4, -0.2) is 15.6 Å². The van der Waals surface area contributed by atoms with E-state index in [0.29, 0.717) is 10.2 Å². The molecule has 0 bridgehead atoms. The molecule has 3 rings (SSSR count). The van der Waals surface area contributed by atoms with Gasteiger partial charge in [-0.25, -0.2) is 4.98 Å². The van der Waals surface area contributed by atoms with Crippen LogP contribution in [0.15, 0.2) is 53.7 Å². The standard InChI is InChI=1S/C8H7ClF3N.C7H5ClN2S/c9-6-3-1-5(2-4-6)7(13)8(10,11)12;8-6-3-9-7-2-1-5(11)4-10(6)7/h1-4,7H,13H2;1-4,11H/t7-;/m1./s1. The highest BCUT2D eigenvalue weighted by atomic mass is 35.5. The topological polar surface area (TPSA) is 43.3 Å². The van der Waals surface area contributed by atoms with Gasteiger partial charge in [-0.3, -0.25) is 4.40 Å². The fraction of sp³-hybridized carbons (Fsp3) is 0.133. The number of thiol groups is 1. The average molecular weight is 394 g/mol. The van der Waals surface area contributed by atoms with Gasteiger partial charge in [0.1, 0.15) is 16.8 Å². The number of hydrogen-bond acceptors (Lipinski definition) is 3. The Morgan fingerprint density at radius 3 is 2.29 bits per heavy atom. The van der Waals surface area contributed by atoms with Crippen LogP contribution in [0.4, 0.5) is 13.2 Å². The number of hydrogen-bond donors (Lipinski definition) is 2. The Hall–Kier alpha value is -1.41. The van der Waals surface area contributed by atoms with Gasteiger partial charge in [-0.15, -0.1) is 12.6 Å². The molecule has 128 valence electrons. The van der Waals surface area contributed by atoms with Crippen LogP contribution in [0, 0.1) is 0 Å². The van der Waals surface area contributed by atoms with Crippen molar-refractivity contribution in [2.24, 2.45) is 5.73 Å². The molecule has 1 aromatic carbocycles. The highest BCUT2D eigenvalue weighted by molar-refractivity contribution is 7.80. The van der Waals surface area contributed by atoms with E-state index in [0.717, 1.165) is 10.5 Å². The SMILES string of the molecule is N[C@H](c1ccc(Cl)cc1)C(F)(F)F.Sc1ccc2ncc(Cl)n2c1. The van der Waals surface area contributed by atoms with Crippen molar-refractivity contribution in [1.82, 2.24) is 9.38 Å². The maximum Gasteiger partial charge on any atom is 0.407 e. The second kappa shape index (κ2) is 7.65. The predicted molar refractivity (Wildman–Crippen MR) is 91.9 cm³/mol. The lowest BCUT2D eigenvalue weighted by atomic mass is 10.1. The van der Waals surface area contributed by atoms with Crippen molar-refractivity contribution in [2.75, 3.05) is 0 Å². The number of halogens is 5. The molecule has 0 aliphatic rings. The molecule has 0 spiro atoms. The summed E-state index contributed by atoms with van der Waals surface area (Å²) in [7, 11) is 0. The highest BCUT2D eigenvalue weighted by Crippen LogP contribution is 2.30. The van der Waals surface area contributed by atoms with Gasteiger partial charge < -0.3 is 5.73 Å². The maximum atomic E-state index is 12.1. The number of rotatable bonds is 1. The van der Waals surface area contributed by atoms with Crippen molar-refractivity contribution < 1.29 is 13.2 Å². The van der Waals surface area contributed by atoms with Crippen molar-refractivity contribution in [3.63, 3.8) is 0 Å². The van der Waals surface area contributed by atoms with Crippen molar-refractivity contribution in [3.05, 3.63) is 64.5 Å². The quantitative estimate of drug-likeness (QED) is 0.559. The van der Waals surface area contributed by atoms with Crippen molar-refractivity contribution in [2.45, 2.75) is 17.1 Å². The van der Waals surface area contributed by atoms with Gasteiger partial charge in [0, 0.05) is 16.1 Å². The van der Waals surface area contributed by atoms with E-state index >= 15 is 0 Å². The molecule has 0 amide bonds. The van der Waals surface area contributed by atoms with Crippen molar-refractivity contribution in [1.29, 1.82) is 0 Å². The number of alkyl halides is 3. The van der Waals surface area contributed by atoms with Crippen LogP contribution in [0.5, 0.6) is 0 Å². The lowest BCUT2D eigenvalue weighted by Crippen LogP contribution is -2.28. The smallest absolute Gasteiger partial charge is 0.316 e. The van der Waals surface area contributed by atoms with E-state index in [2.05, 4.69) is 17.6 Å². The van der Waals surface area contributed by atoms with Gasteiger partial charge in [0.15, 0.2) is 0 Å². The minimum absolute atomic E-state index is 0.0110. The van der Waals surface area contributed by atoms with Gasteiger partial charge in [-0.05, 0) is 29.8 Å². The third-order valence-corrected chi connectivity index (χ3v) is 3.82. The minimum Gasteiger partial charge on any atom is -0.316 e. The van der Waals surface area contributed by atoms with Crippen LogP contribution >= 0.6 is 35.8 Å². The molecular weight excluding hydrogens is 382 g/mol. The zero-order valence-electron chi connectivity index (χ0n) is 12.0. The van der Waals surface area contributed by atoms with Gasteiger partial charge in [-0.1, -0.05) is 35.3 Å². The van der Waals surface area contributed by atoms with Crippen molar-refractivity contribution in [3.8, 4) is 0 Å². The van der Waals surface area contributed by atoms with Gasteiger partial charge >= 0.3 is 6.18 Å². The van der Waals surface area contributed by atoms with E-state index < -0.39 is 12.2 Å². The van der Waals surface area contributed by atoms with Gasteiger partial charge in [0.05, 0.1) is 6.20 Å². The normalized spacial score (nSPS) is 12.6. The first kappa shape index (κ1) is 18.9. The van der Waals surface area contributed by atoms with Crippen LogP contribution < -0.4 is 5.73 Å². The number of nitrogens with two attached hydrogens (primary N) is 1.